The fraction of sp³-hybridized carbons (Fsp3) is 0.737. The number of epoxide rings is 1. The van der Waals surface area contributed by atoms with Crippen molar-refractivity contribution in [1.82, 2.24) is 0 Å². The third-order valence-electron chi connectivity index (χ3n) is 7.02. The summed E-state index contributed by atoms with van der Waals surface area (Å²) in [6.07, 6.45) is 0.896. The zero-order valence-corrected chi connectivity index (χ0v) is 17.2. The summed E-state index contributed by atoms with van der Waals surface area (Å²) >= 11 is 11.2. The number of ether oxygens (including phenoxy) is 4. The summed E-state index contributed by atoms with van der Waals surface area (Å²) in [6, 6.07) is 0. The molecular weight excluding hydrogens is 411 g/mol. The van der Waals surface area contributed by atoms with Crippen LogP contribution in [0.25, 0.3) is 0 Å². The molecule has 4 rings (SSSR count). The van der Waals surface area contributed by atoms with E-state index in [0.717, 1.165) is 12.0 Å². The summed E-state index contributed by atoms with van der Waals surface area (Å²) in [4.78, 5) is 37.0. The summed E-state index contributed by atoms with van der Waals surface area (Å²) in [5, 5.41) is 0. The fourth-order valence-electron chi connectivity index (χ4n) is 5.36. The van der Waals surface area contributed by atoms with Crippen LogP contribution in [-0.4, -0.2) is 66.6 Å². The molecule has 28 heavy (non-hydrogen) atoms. The lowest BCUT2D eigenvalue weighted by Gasteiger charge is -2.57. The first-order valence-electron chi connectivity index (χ1n) is 9.23. The maximum absolute atomic E-state index is 13.2. The van der Waals surface area contributed by atoms with E-state index in [1.165, 1.54) is 0 Å². The zero-order valence-electron chi connectivity index (χ0n) is 15.7. The number of alkyl halides is 2. The van der Waals surface area contributed by atoms with Crippen LogP contribution in [0.3, 0.4) is 0 Å². The van der Waals surface area contributed by atoms with Crippen LogP contribution in [0.5, 0.6) is 0 Å². The fourth-order valence-corrected chi connectivity index (χ4v) is 5.50. The van der Waals surface area contributed by atoms with E-state index < -0.39 is 46.7 Å². The molecule has 0 amide bonds. The molecule has 2 aliphatic heterocycles. The second-order valence-electron chi connectivity index (χ2n) is 8.19. The summed E-state index contributed by atoms with van der Waals surface area (Å²) in [5.41, 5.74) is -1.51. The number of rotatable bonds is 5. The van der Waals surface area contributed by atoms with Gasteiger partial charge < -0.3 is 18.9 Å². The van der Waals surface area contributed by atoms with Gasteiger partial charge in [0.1, 0.15) is 24.0 Å². The SMILES string of the molecule is CC1=C[C@H]2O[C@@H]3C(=O)[C@@H](OC(=O)CCl)[C@](C)([C@@]2(COC(=O)CCl)CC1)[C@]31CO1. The highest BCUT2D eigenvalue weighted by Gasteiger charge is 2.86. The first-order valence-corrected chi connectivity index (χ1v) is 10.3. The van der Waals surface area contributed by atoms with Crippen molar-refractivity contribution < 1.29 is 33.3 Å². The van der Waals surface area contributed by atoms with Crippen molar-refractivity contribution in [3.8, 4) is 0 Å². The van der Waals surface area contributed by atoms with Gasteiger partial charge in [-0.25, -0.2) is 0 Å². The molecule has 3 fully saturated rings. The van der Waals surface area contributed by atoms with Crippen LogP contribution in [0.4, 0.5) is 0 Å². The van der Waals surface area contributed by atoms with Gasteiger partial charge >= 0.3 is 11.9 Å². The average Bonchev–Trinajstić information content (AvgIpc) is 3.47. The average molecular weight is 433 g/mol. The Hall–Kier alpha value is -1.15. The Morgan fingerprint density at radius 1 is 1.29 bits per heavy atom. The van der Waals surface area contributed by atoms with Crippen molar-refractivity contribution in [2.24, 2.45) is 10.8 Å². The molecule has 1 spiro atoms. The molecule has 0 unspecified atom stereocenters. The van der Waals surface area contributed by atoms with E-state index in [1.54, 1.807) is 0 Å². The standard InChI is InChI=1S/C19H22Cl2O7/c1-10-3-4-18(8-25-12(22)6-20)11(5-10)27-16-14(24)15(28-13(23)7-21)17(18,2)19(16)9-26-19/h5,11,15-16H,3-4,6-9H2,1-2H3/t11-,15-,16-,17-,18-,19+/m1/s1. The van der Waals surface area contributed by atoms with Gasteiger partial charge in [-0.3, -0.25) is 14.4 Å². The summed E-state index contributed by atoms with van der Waals surface area (Å²) in [6.45, 7) is 4.18. The molecule has 154 valence electrons. The predicted molar refractivity (Wildman–Crippen MR) is 98.2 cm³/mol. The molecular formula is C19H22Cl2O7. The second kappa shape index (κ2) is 6.69. The zero-order chi connectivity index (χ0) is 20.3. The second-order valence-corrected chi connectivity index (χ2v) is 8.72. The smallest absolute Gasteiger partial charge is 0.321 e. The van der Waals surface area contributed by atoms with Crippen LogP contribution >= 0.6 is 23.2 Å². The number of fused-ring (bicyclic) bond motifs is 2. The Bertz CT molecular complexity index is 761. The van der Waals surface area contributed by atoms with Crippen LogP contribution < -0.4 is 0 Å². The third-order valence-corrected chi connectivity index (χ3v) is 7.46. The Morgan fingerprint density at radius 2 is 1.96 bits per heavy atom. The van der Waals surface area contributed by atoms with Crippen LogP contribution in [0.1, 0.15) is 26.7 Å². The first kappa shape index (κ1) is 20.1. The number of carbonyl (C=O) groups excluding carboxylic acids is 3. The molecule has 0 radical (unpaired) electrons. The molecule has 7 nitrogen and oxygen atoms in total. The van der Waals surface area contributed by atoms with Gasteiger partial charge in [-0.05, 0) is 19.8 Å². The van der Waals surface area contributed by atoms with E-state index in [4.69, 9.17) is 42.1 Å². The molecule has 1 saturated carbocycles. The van der Waals surface area contributed by atoms with E-state index in [2.05, 4.69) is 0 Å². The molecule has 2 aliphatic carbocycles. The number of ketones is 1. The molecule has 6 atom stereocenters. The number of Topliss-reactive ketones (excluding diaryl/α,β-unsaturated/α-hetero) is 1. The highest BCUT2D eigenvalue weighted by molar-refractivity contribution is 6.26. The molecule has 2 saturated heterocycles. The monoisotopic (exact) mass is 432 g/mol. The van der Waals surface area contributed by atoms with Crippen LogP contribution in [-0.2, 0) is 33.3 Å². The summed E-state index contributed by atoms with van der Waals surface area (Å²) < 4.78 is 23.0. The number of esters is 2. The van der Waals surface area contributed by atoms with Gasteiger partial charge in [0.15, 0.2) is 12.2 Å². The van der Waals surface area contributed by atoms with Crippen molar-refractivity contribution in [3.63, 3.8) is 0 Å². The van der Waals surface area contributed by atoms with Crippen molar-refractivity contribution >= 4 is 40.9 Å². The van der Waals surface area contributed by atoms with Crippen molar-refractivity contribution in [2.45, 2.75) is 50.6 Å². The number of hydrogen-bond donors (Lipinski definition) is 0. The van der Waals surface area contributed by atoms with E-state index in [0.29, 0.717) is 13.0 Å². The minimum atomic E-state index is -1.09. The number of carbonyl (C=O) groups is 3. The van der Waals surface area contributed by atoms with Crippen molar-refractivity contribution in [1.29, 1.82) is 0 Å². The van der Waals surface area contributed by atoms with Gasteiger partial charge in [-0.2, -0.15) is 0 Å². The van der Waals surface area contributed by atoms with E-state index >= 15 is 0 Å². The summed E-state index contributed by atoms with van der Waals surface area (Å²) in [7, 11) is 0. The number of allylic oxidation sites excluding steroid dienone is 1. The lowest BCUT2D eigenvalue weighted by atomic mass is 9.51. The normalized spacial score (nSPS) is 43.4. The molecule has 9 heteroatoms. The van der Waals surface area contributed by atoms with Gasteiger partial charge in [-0.15, -0.1) is 23.2 Å². The molecule has 0 aromatic rings. The van der Waals surface area contributed by atoms with Crippen LogP contribution in [0.2, 0.25) is 0 Å². The molecule has 2 bridgehead atoms. The lowest BCUT2D eigenvalue weighted by Crippen LogP contribution is -2.66. The van der Waals surface area contributed by atoms with Crippen LogP contribution in [0, 0.1) is 10.8 Å². The maximum Gasteiger partial charge on any atom is 0.321 e. The predicted octanol–water partition coefficient (Wildman–Crippen LogP) is 1.77. The molecule has 0 aromatic carbocycles. The van der Waals surface area contributed by atoms with Crippen molar-refractivity contribution in [2.75, 3.05) is 25.0 Å². The largest absolute Gasteiger partial charge is 0.464 e. The number of hydrogen-bond acceptors (Lipinski definition) is 7. The Morgan fingerprint density at radius 3 is 2.57 bits per heavy atom. The molecule has 0 aromatic heterocycles. The van der Waals surface area contributed by atoms with Crippen molar-refractivity contribution in [3.05, 3.63) is 11.6 Å². The minimum Gasteiger partial charge on any atom is -0.464 e. The first-order chi connectivity index (χ1) is 13.3. The molecule has 2 heterocycles. The summed E-state index contributed by atoms with van der Waals surface area (Å²) in [5.74, 6) is -2.22. The van der Waals surface area contributed by atoms with Gasteiger partial charge in [-0.1, -0.05) is 18.6 Å². The Labute approximate surface area is 172 Å². The highest BCUT2D eigenvalue weighted by atomic mass is 35.5. The lowest BCUT2D eigenvalue weighted by molar-refractivity contribution is -0.232. The van der Waals surface area contributed by atoms with E-state index in [9.17, 15) is 14.4 Å². The van der Waals surface area contributed by atoms with E-state index in [1.807, 2.05) is 19.9 Å². The topological polar surface area (TPSA) is 91.4 Å². The third kappa shape index (κ3) is 2.46. The maximum atomic E-state index is 13.2. The van der Waals surface area contributed by atoms with Crippen LogP contribution in [0.15, 0.2) is 11.6 Å². The Balaban J connectivity index is 1.82. The van der Waals surface area contributed by atoms with Gasteiger partial charge in [0.05, 0.1) is 18.1 Å². The highest BCUT2D eigenvalue weighted by Crippen LogP contribution is 2.71. The molecule has 4 aliphatic rings. The Kier molecular flexibility index (Phi) is 4.81. The van der Waals surface area contributed by atoms with Gasteiger partial charge in [0.25, 0.3) is 0 Å². The minimum absolute atomic E-state index is 0.0104. The molecule has 0 N–H and O–H groups in total. The van der Waals surface area contributed by atoms with E-state index in [-0.39, 0.29) is 24.2 Å². The number of halogens is 2. The quantitative estimate of drug-likeness (QED) is 0.283. The van der Waals surface area contributed by atoms with Gasteiger partial charge in [0, 0.05) is 5.41 Å². The van der Waals surface area contributed by atoms with Gasteiger partial charge in [0.2, 0.25) is 5.78 Å².